The molecule has 2 aliphatic heterocycles. The Morgan fingerprint density at radius 3 is 2.48 bits per heavy atom. The fourth-order valence-corrected chi connectivity index (χ4v) is 3.48. The maximum absolute atomic E-state index is 5.41. The fourth-order valence-electron chi connectivity index (χ4n) is 3.48. The maximum atomic E-state index is 5.41. The number of nitrogens with one attached hydrogen (secondary N) is 1. The number of ether oxygens (including phenoxy) is 1. The van der Waals surface area contributed by atoms with Gasteiger partial charge in [0, 0.05) is 39.3 Å². The van der Waals surface area contributed by atoms with Crippen LogP contribution in [0.25, 0.3) is 6.08 Å². The van der Waals surface area contributed by atoms with Crippen LogP contribution in [0.4, 0.5) is 0 Å². The van der Waals surface area contributed by atoms with E-state index in [-0.39, 0.29) is 24.0 Å². The van der Waals surface area contributed by atoms with Crippen LogP contribution in [0.2, 0.25) is 0 Å². The first-order chi connectivity index (χ1) is 12.8. The predicted octanol–water partition coefficient (Wildman–Crippen LogP) is 3.08. The van der Waals surface area contributed by atoms with E-state index in [0.29, 0.717) is 0 Å². The second-order valence-electron chi connectivity index (χ2n) is 6.89. The van der Waals surface area contributed by atoms with Gasteiger partial charge in [-0.15, -0.1) is 24.0 Å². The standard InChI is InChI=1S/C21H32N4O.HI/c1-2-22-21(23-10-13-24-14-16-26-17-15-24)25-11-8-20(9-12-25)18-19-6-4-3-5-7-19;/h3-7,18H,2,8-17H2,1H3,(H,22,23);1H. The highest BCUT2D eigenvalue weighted by Crippen LogP contribution is 2.19. The highest BCUT2D eigenvalue weighted by molar-refractivity contribution is 14.0. The monoisotopic (exact) mass is 484 g/mol. The molecule has 3 rings (SSSR count). The second kappa shape index (κ2) is 12.4. The van der Waals surface area contributed by atoms with Gasteiger partial charge >= 0.3 is 0 Å². The molecule has 2 aliphatic rings. The molecule has 0 atom stereocenters. The minimum Gasteiger partial charge on any atom is -0.379 e. The first-order valence-corrected chi connectivity index (χ1v) is 9.93. The normalized spacial score (nSPS) is 18.8. The molecule has 0 aliphatic carbocycles. The number of morpholine rings is 1. The van der Waals surface area contributed by atoms with Gasteiger partial charge in [0.2, 0.25) is 0 Å². The number of hydrogen-bond donors (Lipinski definition) is 1. The quantitative estimate of drug-likeness (QED) is 0.396. The van der Waals surface area contributed by atoms with Crippen LogP contribution < -0.4 is 5.32 Å². The third-order valence-electron chi connectivity index (χ3n) is 4.99. The Balaban J connectivity index is 0.00000261. The van der Waals surface area contributed by atoms with Crippen molar-refractivity contribution in [2.24, 2.45) is 4.99 Å². The maximum Gasteiger partial charge on any atom is 0.193 e. The second-order valence-corrected chi connectivity index (χ2v) is 6.89. The SMILES string of the molecule is CCNC(=NCCN1CCOCC1)N1CCC(=Cc2ccccc2)CC1.I. The number of aliphatic imine (C=N–C) groups is 1. The van der Waals surface area contributed by atoms with Gasteiger partial charge in [-0.1, -0.05) is 42.0 Å². The molecule has 150 valence electrons. The number of guanidine groups is 1. The smallest absolute Gasteiger partial charge is 0.193 e. The lowest BCUT2D eigenvalue weighted by molar-refractivity contribution is 0.0394. The van der Waals surface area contributed by atoms with Crippen LogP contribution in [0.1, 0.15) is 25.3 Å². The number of nitrogens with zero attached hydrogens (tertiary/aromatic N) is 3. The van der Waals surface area contributed by atoms with E-state index in [2.05, 4.69) is 58.4 Å². The Labute approximate surface area is 180 Å². The van der Waals surface area contributed by atoms with Crippen molar-refractivity contribution in [2.75, 3.05) is 59.0 Å². The van der Waals surface area contributed by atoms with Gasteiger partial charge in [0.25, 0.3) is 0 Å². The van der Waals surface area contributed by atoms with Gasteiger partial charge in [-0.05, 0) is 25.3 Å². The van der Waals surface area contributed by atoms with E-state index >= 15 is 0 Å². The predicted molar refractivity (Wildman–Crippen MR) is 124 cm³/mol. The third-order valence-corrected chi connectivity index (χ3v) is 4.99. The molecule has 2 saturated heterocycles. The van der Waals surface area contributed by atoms with E-state index in [1.807, 2.05) is 0 Å². The molecule has 0 saturated carbocycles. The zero-order valence-electron chi connectivity index (χ0n) is 16.4. The molecule has 5 nitrogen and oxygen atoms in total. The number of rotatable bonds is 5. The summed E-state index contributed by atoms with van der Waals surface area (Å²) in [5.74, 6) is 1.07. The topological polar surface area (TPSA) is 40.1 Å². The van der Waals surface area contributed by atoms with Crippen molar-refractivity contribution in [3.8, 4) is 0 Å². The average Bonchev–Trinajstić information content (AvgIpc) is 2.70. The van der Waals surface area contributed by atoms with Crippen molar-refractivity contribution < 1.29 is 4.74 Å². The van der Waals surface area contributed by atoms with Gasteiger partial charge in [0.15, 0.2) is 5.96 Å². The van der Waals surface area contributed by atoms with E-state index in [4.69, 9.17) is 9.73 Å². The molecule has 0 spiro atoms. The van der Waals surface area contributed by atoms with Crippen LogP contribution in [-0.2, 0) is 4.74 Å². The lowest BCUT2D eigenvalue weighted by atomic mass is 10.0. The number of likely N-dealkylation sites (tertiary alicyclic amines) is 1. The van der Waals surface area contributed by atoms with E-state index in [9.17, 15) is 0 Å². The highest BCUT2D eigenvalue weighted by Gasteiger charge is 2.17. The summed E-state index contributed by atoms with van der Waals surface area (Å²) in [6.07, 6.45) is 4.57. The van der Waals surface area contributed by atoms with Crippen molar-refractivity contribution in [1.82, 2.24) is 15.1 Å². The Hall–Kier alpha value is -1.12. The molecular formula is C21H33IN4O. The molecule has 0 unspecified atom stereocenters. The summed E-state index contributed by atoms with van der Waals surface area (Å²) in [5, 5.41) is 3.47. The van der Waals surface area contributed by atoms with Crippen molar-refractivity contribution in [3.05, 3.63) is 41.5 Å². The van der Waals surface area contributed by atoms with Crippen LogP contribution in [0.3, 0.4) is 0 Å². The summed E-state index contributed by atoms with van der Waals surface area (Å²) >= 11 is 0. The molecule has 0 aromatic heterocycles. The lowest BCUT2D eigenvalue weighted by Gasteiger charge is -2.32. The van der Waals surface area contributed by atoms with E-state index < -0.39 is 0 Å². The summed E-state index contributed by atoms with van der Waals surface area (Å²) in [7, 11) is 0. The van der Waals surface area contributed by atoms with Crippen LogP contribution in [-0.4, -0.2) is 74.8 Å². The number of piperidine rings is 1. The minimum atomic E-state index is 0. The molecule has 0 bridgehead atoms. The van der Waals surface area contributed by atoms with E-state index in [1.165, 1.54) is 11.1 Å². The summed E-state index contributed by atoms with van der Waals surface area (Å²) in [6.45, 7) is 10.8. The summed E-state index contributed by atoms with van der Waals surface area (Å²) < 4.78 is 5.41. The largest absolute Gasteiger partial charge is 0.379 e. The first kappa shape index (κ1) is 22.2. The average molecular weight is 484 g/mol. The van der Waals surface area contributed by atoms with Gasteiger partial charge in [0.1, 0.15) is 0 Å². The summed E-state index contributed by atoms with van der Waals surface area (Å²) in [6, 6.07) is 10.6. The van der Waals surface area contributed by atoms with Gasteiger partial charge < -0.3 is 15.0 Å². The van der Waals surface area contributed by atoms with Crippen molar-refractivity contribution in [3.63, 3.8) is 0 Å². The molecule has 1 N–H and O–H groups in total. The van der Waals surface area contributed by atoms with Crippen LogP contribution >= 0.6 is 24.0 Å². The number of benzene rings is 1. The Kier molecular flexibility index (Phi) is 10.2. The number of halogens is 1. The zero-order chi connectivity index (χ0) is 18.0. The molecule has 1 aromatic carbocycles. The van der Waals surface area contributed by atoms with Crippen molar-refractivity contribution >= 4 is 36.0 Å². The lowest BCUT2D eigenvalue weighted by Crippen LogP contribution is -2.45. The fraction of sp³-hybridized carbons (Fsp3) is 0.571. The van der Waals surface area contributed by atoms with E-state index in [1.54, 1.807) is 0 Å². The minimum absolute atomic E-state index is 0. The summed E-state index contributed by atoms with van der Waals surface area (Å²) in [4.78, 5) is 9.72. The van der Waals surface area contributed by atoms with Gasteiger partial charge in [-0.25, -0.2) is 0 Å². The zero-order valence-corrected chi connectivity index (χ0v) is 18.7. The molecule has 1 aromatic rings. The number of hydrogen-bond acceptors (Lipinski definition) is 3. The van der Waals surface area contributed by atoms with Crippen LogP contribution in [0.5, 0.6) is 0 Å². The first-order valence-electron chi connectivity index (χ1n) is 9.93. The third kappa shape index (κ3) is 7.43. The summed E-state index contributed by atoms with van der Waals surface area (Å²) in [5.41, 5.74) is 2.85. The van der Waals surface area contributed by atoms with Crippen molar-refractivity contribution in [1.29, 1.82) is 0 Å². The Morgan fingerprint density at radius 2 is 1.81 bits per heavy atom. The molecular weight excluding hydrogens is 451 g/mol. The molecule has 0 radical (unpaired) electrons. The van der Waals surface area contributed by atoms with Crippen LogP contribution in [0, 0.1) is 0 Å². The van der Waals surface area contributed by atoms with E-state index in [0.717, 1.165) is 77.8 Å². The molecule has 27 heavy (non-hydrogen) atoms. The molecule has 6 heteroatoms. The Bertz CT molecular complexity index is 589. The van der Waals surface area contributed by atoms with Gasteiger partial charge in [-0.2, -0.15) is 0 Å². The van der Waals surface area contributed by atoms with Gasteiger partial charge in [-0.3, -0.25) is 9.89 Å². The van der Waals surface area contributed by atoms with Crippen molar-refractivity contribution in [2.45, 2.75) is 19.8 Å². The van der Waals surface area contributed by atoms with Crippen LogP contribution in [0.15, 0.2) is 40.9 Å². The Morgan fingerprint density at radius 1 is 1.11 bits per heavy atom. The highest BCUT2D eigenvalue weighted by atomic mass is 127. The molecule has 2 fully saturated rings. The molecule has 0 amide bonds. The van der Waals surface area contributed by atoms with Gasteiger partial charge in [0.05, 0.1) is 19.8 Å². The molecule has 2 heterocycles.